The van der Waals surface area contributed by atoms with E-state index in [-0.39, 0.29) is 13.0 Å². The minimum Gasteiger partial charge on any atom is -0.469 e. The smallest absolute Gasteiger partial charge is 0.306 e. The number of carbonyl (C=O) groups excluding carboxylic acids is 1. The van der Waals surface area contributed by atoms with Gasteiger partial charge in [-0.2, -0.15) is 17.0 Å². The van der Waals surface area contributed by atoms with Crippen LogP contribution in [0.3, 0.4) is 0 Å². The van der Waals surface area contributed by atoms with E-state index in [1.165, 1.54) is 22.8 Å². The first-order valence-electron chi connectivity index (χ1n) is 6.16. The average Bonchev–Trinajstić information content (AvgIpc) is 2.35. The molecule has 1 unspecified atom stereocenters. The molecule has 0 aliphatic carbocycles. The molecule has 0 aromatic carbocycles. The van der Waals surface area contributed by atoms with Crippen LogP contribution in [0.1, 0.15) is 26.2 Å². The molecule has 0 spiro atoms. The summed E-state index contributed by atoms with van der Waals surface area (Å²) >= 11 is 0. The van der Waals surface area contributed by atoms with Gasteiger partial charge in [-0.1, -0.05) is 6.92 Å². The molecule has 0 amide bonds. The lowest BCUT2D eigenvalue weighted by Gasteiger charge is -2.32. The van der Waals surface area contributed by atoms with Crippen molar-refractivity contribution in [2.45, 2.75) is 26.2 Å². The summed E-state index contributed by atoms with van der Waals surface area (Å²) in [7, 11) is -0.648. The predicted molar refractivity (Wildman–Crippen MR) is 68.2 cm³/mol. The second-order valence-electron chi connectivity index (χ2n) is 4.76. The van der Waals surface area contributed by atoms with E-state index in [1.807, 2.05) is 0 Å². The van der Waals surface area contributed by atoms with Crippen molar-refractivity contribution in [2.24, 2.45) is 5.92 Å². The Bertz CT molecular complexity index is 383. The molecule has 1 heterocycles. The zero-order valence-electron chi connectivity index (χ0n) is 11.3. The fraction of sp³-hybridized carbons (Fsp3) is 0.909. The lowest BCUT2D eigenvalue weighted by molar-refractivity contribution is -0.140. The van der Waals surface area contributed by atoms with Crippen LogP contribution < -0.4 is 0 Å². The van der Waals surface area contributed by atoms with Crippen LogP contribution in [0.2, 0.25) is 0 Å². The number of carbonyl (C=O) groups is 1. The van der Waals surface area contributed by atoms with Crippen LogP contribution in [0.4, 0.5) is 0 Å². The lowest BCUT2D eigenvalue weighted by atomic mass is 10.0. The molecule has 1 rings (SSSR count). The quantitative estimate of drug-likeness (QED) is 0.685. The SMILES string of the molecule is COC(=O)CCN(C)S(=O)(=O)N1CCCC(C)C1. The van der Waals surface area contributed by atoms with Crippen molar-refractivity contribution >= 4 is 16.2 Å². The first-order chi connectivity index (χ1) is 8.37. The van der Waals surface area contributed by atoms with Gasteiger partial charge in [-0.25, -0.2) is 0 Å². The zero-order valence-corrected chi connectivity index (χ0v) is 12.1. The van der Waals surface area contributed by atoms with Crippen molar-refractivity contribution < 1.29 is 17.9 Å². The Morgan fingerprint density at radius 2 is 2.17 bits per heavy atom. The fourth-order valence-corrected chi connectivity index (χ4v) is 3.54. The Balaban J connectivity index is 2.58. The van der Waals surface area contributed by atoms with Crippen LogP contribution in [0.25, 0.3) is 0 Å². The van der Waals surface area contributed by atoms with Crippen LogP contribution in [-0.2, 0) is 19.7 Å². The molecule has 18 heavy (non-hydrogen) atoms. The molecule has 0 saturated carbocycles. The van der Waals surface area contributed by atoms with Gasteiger partial charge in [0.25, 0.3) is 10.2 Å². The largest absolute Gasteiger partial charge is 0.469 e. The molecule has 6 nitrogen and oxygen atoms in total. The molecule has 1 atom stereocenters. The summed E-state index contributed by atoms with van der Waals surface area (Å²) in [5.41, 5.74) is 0. The summed E-state index contributed by atoms with van der Waals surface area (Å²) in [5, 5.41) is 0. The van der Waals surface area contributed by atoms with E-state index in [4.69, 9.17) is 0 Å². The van der Waals surface area contributed by atoms with Crippen molar-refractivity contribution in [1.82, 2.24) is 8.61 Å². The summed E-state index contributed by atoms with van der Waals surface area (Å²) in [6.45, 7) is 3.33. The topological polar surface area (TPSA) is 66.9 Å². The van der Waals surface area contributed by atoms with Crippen molar-refractivity contribution in [3.8, 4) is 0 Å². The van der Waals surface area contributed by atoms with Gasteiger partial charge < -0.3 is 4.74 Å². The van der Waals surface area contributed by atoms with Crippen molar-refractivity contribution in [3.05, 3.63) is 0 Å². The van der Waals surface area contributed by atoms with E-state index in [0.717, 1.165) is 12.8 Å². The predicted octanol–water partition coefficient (Wildman–Crippen LogP) is 0.458. The second-order valence-corrected chi connectivity index (χ2v) is 6.80. The average molecular weight is 278 g/mol. The van der Waals surface area contributed by atoms with Crippen molar-refractivity contribution in [1.29, 1.82) is 0 Å². The van der Waals surface area contributed by atoms with E-state index in [9.17, 15) is 13.2 Å². The number of methoxy groups -OCH3 is 1. The third-order valence-electron chi connectivity index (χ3n) is 3.20. The minimum atomic E-state index is -3.44. The van der Waals surface area contributed by atoms with Gasteiger partial charge in [0.15, 0.2) is 0 Å². The van der Waals surface area contributed by atoms with E-state index < -0.39 is 16.2 Å². The number of hydrogen-bond donors (Lipinski definition) is 0. The third-order valence-corrected chi connectivity index (χ3v) is 5.15. The molecule has 0 N–H and O–H groups in total. The number of rotatable bonds is 5. The van der Waals surface area contributed by atoms with E-state index >= 15 is 0 Å². The monoisotopic (exact) mass is 278 g/mol. The van der Waals surface area contributed by atoms with Crippen LogP contribution in [0, 0.1) is 5.92 Å². The van der Waals surface area contributed by atoms with Gasteiger partial charge >= 0.3 is 5.97 Å². The maximum absolute atomic E-state index is 12.2. The summed E-state index contributed by atoms with van der Waals surface area (Å²) in [6.07, 6.45) is 2.04. The normalized spacial score (nSPS) is 22.1. The molecule has 106 valence electrons. The lowest BCUT2D eigenvalue weighted by Crippen LogP contribution is -2.46. The van der Waals surface area contributed by atoms with Crippen LogP contribution >= 0.6 is 0 Å². The highest BCUT2D eigenvalue weighted by Gasteiger charge is 2.30. The first kappa shape index (κ1) is 15.4. The Morgan fingerprint density at radius 3 is 2.72 bits per heavy atom. The van der Waals surface area contributed by atoms with Crippen molar-refractivity contribution in [2.75, 3.05) is 33.8 Å². The molecule has 0 aromatic rings. The maximum atomic E-state index is 12.2. The molecule has 0 bridgehead atoms. The Kier molecular flexibility index (Phi) is 5.55. The highest BCUT2D eigenvalue weighted by atomic mass is 32.2. The Morgan fingerprint density at radius 1 is 1.50 bits per heavy atom. The summed E-state index contributed by atoms with van der Waals surface area (Å²) in [4.78, 5) is 11.0. The van der Waals surface area contributed by atoms with E-state index in [1.54, 1.807) is 0 Å². The van der Waals surface area contributed by atoms with Gasteiger partial charge in [0.2, 0.25) is 0 Å². The summed E-state index contributed by atoms with van der Waals surface area (Å²) < 4.78 is 31.7. The Hall–Kier alpha value is -0.660. The maximum Gasteiger partial charge on any atom is 0.306 e. The zero-order chi connectivity index (χ0) is 13.8. The van der Waals surface area contributed by atoms with Crippen LogP contribution in [-0.4, -0.2) is 56.8 Å². The molecule has 7 heteroatoms. The highest BCUT2D eigenvalue weighted by Crippen LogP contribution is 2.19. The standard InChI is InChI=1S/C11H22N2O4S/c1-10-5-4-7-13(9-10)18(15,16)12(2)8-6-11(14)17-3/h10H,4-9H2,1-3H3. The van der Waals surface area contributed by atoms with Gasteiger partial charge in [-0.15, -0.1) is 0 Å². The number of piperidine rings is 1. The first-order valence-corrected chi connectivity index (χ1v) is 7.56. The fourth-order valence-electron chi connectivity index (χ4n) is 2.02. The van der Waals surface area contributed by atoms with Gasteiger partial charge in [0.05, 0.1) is 13.5 Å². The molecule has 0 radical (unpaired) electrons. The molecular weight excluding hydrogens is 256 g/mol. The van der Waals surface area contributed by atoms with Crippen LogP contribution in [0.15, 0.2) is 0 Å². The summed E-state index contributed by atoms with van der Waals surface area (Å²) in [5.74, 6) is -0.00778. The molecule has 1 saturated heterocycles. The summed E-state index contributed by atoms with van der Waals surface area (Å²) in [6, 6.07) is 0. The number of ether oxygens (including phenoxy) is 1. The molecule has 1 aliphatic heterocycles. The molecular formula is C11H22N2O4S. The van der Waals surface area contributed by atoms with E-state index in [0.29, 0.717) is 19.0 Å². The van der Waals surface area contributed by atoms with Gasteiger partial charge in [0, 0.05) is 26.7 Å². The third kappa shape index (κ3) is 3.93. The van der Waals surface area contributed by atoms with Gasteiger partial charge in [-0.05, 0) is 18.8 Å². The minimum absolute atomic E-state index is 0.0790. The Labute approximate surface area is 109 Å². The molecule has 1 aliphatic rings. The van der Waals surface area contributed by atoms with Crippen molar-refractivity contribution in [3.63, 3.8) is 0 Å². The van der Waals surface area contributed by atoms with E-state index in [2.05, 4.69) is 11.7 Å². The second kappa shape index (κ2) is 6.49. The van der Waals surface area contributed by atoms with Crippen LogP contribution in [0.5, 0.6) is 0 Å². The van der Waals surface area contributed by atoms with Gasteiger partial charge in [0.1, 0.15) is 0 Å². The number of nitrogens with zero attached hydrogens (tertiary/aromatic N) is 2. The number of esters is 1. The molecule has 0 aromatic heterocycles. The molecule has 1 fully saturated rings. The highest BCUT2D eigenvalue weighted by molar-refractivity contribution is 7.86. The number of hydrogen-bond acceptors (Lipinski definition) is 4. The van der Waals surface area contributed by atoms with Gasteiger partial charge in [-0.3, -0.25) is 4.79 Å².